The second-order valence-corrected chi connectivity index (χ2v) is 17.9. The molecule has 3 aromatic heterocycles. The number of nitrogens with one attached hydrogen (secondary N) is 2. The van der Waals surface area contributed by atoms with Crippen LogP contribution < -0.4 is 15.5 Å². The highest BCUT2D eigenvalue weighted by Crippen LogP contribution is 2.44. The van der Waals surface area contributed by atoms with E-state index in [1.807, 2.05) is 17.2 Å². The van der Waals surface area contributed by atoms with Crippen molar-refractivity contribution in [1.29, 1.82) is 0 Å². The molecule has 4 aromatic rings. The van der Waals surface area contributed by atoms with E-state index in [-0.39, 0.29) is 46.9 Å². The van der Waals surface area contributed by atoms with Gasteiger partial charge in [-0.2, -0.15) is 13.2 Å². The lowest BCUT2D eigenvalue weighted by Gasteiger charge is -2.55. The van der Waals surface area contributed by atoms with E-state index in [0.717, 1.165) is 67.2 Å². The molecule has 330 valence electrons. The molecule has 4 saturated heterocycles. The van der Waals surface area contributed by atoms with Crippen LogP contribution in [0.5, 0.6) is 0 Å². The number of hydrogen-bond acceptors (Lipinski definition) is 11. The standard InChI is InChI=1S/C44H46F3N9O7/c1-42(2,63)29-19-35-49-31(20-54(35)21-32(29)50-38(59)30-4-3-5-34(48-30)44(45,46)47)25-10-14-52(15-11-25)22-37(58)53-16-12-43(13-17-53)23-55(24-43)26-6-7-27-28(18-26)41(62)56(40(27)61)33-8-9-36(57)51-39(33)60/h3-7,18-21,25,33,63H,8-17,22-24H2,1-2H3,(H,50,59)(H,51,57,60). The Kier molecular flexibility index (Phi) is 10.4. The van der Waals surface area contributed by atoms with Gasteiger partial charge in [0.25, 0.3) is 17.7 Å². The number of carbonyl (C=O) groups excluding carboxylic acids is 6. The molecule has 63 heavy (non-hydrogen) atoms. The predicted octanol–water partition coefficient (Wildman–Crippen LogP) is 3.94. The van der Waals surface area contributed by atoms with Crippen LogP contribution in [0.2, 0.25) is 0 Å². The van der Waals surface area contributed by atoms with Crippen LogP contribution in [0.1, 0.15) is 106 Å². The number of carbonyl (C=O) groups is 6. The molecule has 6 amide bonds. The molecular weight excluding hydrogens is 824 g/mol. The molecule has 1 atom stereocenters. The number of aromatic nitrogens is 3. The minimum absolute atomic E-state index is 0.0423. The van der Waals surface area contributed by atoms with Crippen molar-refractivity contribution in [1.82, 2.24) is 34.4 Å². The van der Waals surface area contributed by atoms with Gasteiger partial charge < -0.3 is 24.6 Å². The average Bonchev–Trinajstić information content (AvgIpc) is 3.76. The number of hydrogen-bond donors (Lipinski definition) is 3. The van der Waals surface area contributed by atoms with E-state index in [0.29, 0.717) is 43.9 Å². The van der Waals surface area contributed by atoms with E-state index in [4.69, 9.17) is 4.98 Å². The number of amides is 6. The zero-order valence-electron chi connectivity index (χ0n) is 34.7. The van der Waals surface area contributed by atoms with Crippen LogP contribution >= 0.6 is 0 Å². The maximum atomic E-state index is 13.5. The molecule has 8 heterocycles. The largest absolute Gasteiger partial charge is 0.433 e. The number of halogens is 3. The summed E-state index contributed by atoms with van der Waals surface area (Å²) in [6.45, 7) is 7.59. The first kappa shape index (κ1) is 42.1. The number of likely N-dealkylation sites (tertiary alicyclic amines) is 2. The zero-order chi connectivity index (χ0) is 44.6. The second-order valence-electron chi connectivity index (χ2n) is 17.9. The van der Waals surface area contributed by atoms with Gasteiger partial charge in [-0.1, -0.05) is 6.07 Å². The summed E-state index contributed by atoms with van der Waals surface area (Å²) in [4.78, 5) is 92.7. The molecule has 1 aromatic carbocycles. The summed E-state index contributed by atoms with van der Waals surface area (Å²) >= 11 is 0. The normalized spacial score (nSPS) is 20.9. The van der Waals surface area contributed by atoms with Crippen LogP contribution in [-0.4, -0.2) is 121 Å². The lowest BCUT2D eigenvalue weighted by molar-refractivity contribution is -0.141. The number of benzene rings is 1. The van der Waals surface area contributed by atoms with Crippen molar-refractivity contribution in [2.75, 3.05) is 56.0 Å². The summed E-state index contributed by atoms with van der Waals surface area (Å²) in [5.74, 6) is -2.81. The highest BCUT2D eigenvalue weighted by atomic mass is 19.4. The van der Waals surface area contributed by atoms with E-state index in [1.54, 1.807) is 28.8 Å². The van der Waals surface area contributed by atoms with Gasteiger partial charge in [0.15, 0.2) is 0 Å². The number of aliphatic hydroxyl groups is 1. The summed E-state index contributed by atoms with van der Waals surface area (Å²) < 4.78 is 41.5. The van der Waals surface area contributed by atoms with Gasteiger partial charge in [-0.3, -0.25) is 43.9 Å². The van der Waals surface area contributed by atoms with Gasteiger partial charge in [0.2, 0.25) is 17.7 Å². The summed E-state index contributed by atoms with van der Waals surface area (Å²) in [5.41, 5.74) is 0.201. The average molecular weight is 870 g/mol. The summed E-state index contributed by atoms with van der Waals surface area (Å²) in [6, 6.07) is 8.88. The number of imidazole rings is 1. The number of anilines is 2. The van der Waals surface area contributed by atoms with E-state index < -0.39 is 58.7 Å². The molecule has 9 rings (SSSR count). The van der Waals surface area contributed by atoms with Crippen molar-refractivity contribution in [2.24, 2.45) is 5.41 Å². The van der Waals surface area contributed by atoms with Crippen LogP contribution in [-0.2, 0) is 26.2 Å². The number of fused-ring (bicyclic) bond motifs is 2. The molecule has 0 radical (unpaired) electrons. The Morgan fingerprint density at radius 1 is 0.905 bits per heavy atom. The number of piperidine rings is 3. The third-order valence-corrected chi connectivity index (χ3v) is 13.2. The maximum absolute atomic E-state index is 13.5. The van der Waals surface area contributed by atoms with Crippen LogP contribution in [0.15, 0.2) is 54.9 Å². The predicted molar refractivity (Wildman–Crippen MR) is 220 cm³/mol. The van der Waals surface area contributed by atoms with E-state index >= 15 is 0 Å². The Hall–Kier alpha value is -6.21. The van der Waals surface area contributed by atoms with Crippen molar-refractivity contribution in [3.05, 3.63) is 88.6 Å². The van der Waals surface area contributed by atoms with Gasteiger partial charge in [0.05, 0.1) is 34.7 Å². The van der Waals surface area contributed by atoms with Gasteiger partial charge in [-0.15, -0.1) is 0 Å². The molecule has 0 saturated carbocycles. The smallest absolute Gasteiger partial charge is 0.386 e. The molecule has 1 unspecified atom stereocenters. The summed E-state index contributed by atoms with van der Waals surface area (Å²) in [6.07, 6.45) is 2.08. The van der Waals surface area contributed by atoms with Gasteiger partial charge in [-0.05, 0) is 95.4 Å². The van der Waals surface area contributed by atoms with Crippen LogP contribution in [0.4, 0.5) is 24.5 Å². The van der Waals surface area contributed by atoms with Crippen LogP contribution in [0.3, 0.4) is 0 Å². The van der Waals surface area contributed by atoms with Crippen molar-refractivity contribution in [3.63, 3.8) is 0 Å². The van der Waals surface area contributed by atoms with Crippen LogP contribution in [0, 0.1) is 5.41 Å². The number of rotatable bonds is 8. The van der Waals surface area contributed by atoms with Crippen molar-refractivity contribution in [3.8, 4) is 0 Å². The van der Waals surface area contributed by atoms with Crippen molar-refractivity contribution >= 4 is 52.5 Å². The number of imide groups is 2. The Bertz CT molecular complexity index is 2560. The first-order chi connectivity index (χ1) is 29.9. The Labute approximate surface area is 359 Å². The van der Waals surface area contributed by atoms with E-state index in [2.05, 4.69) is 25.4 Å². The molecule has 16 nitrogen and oxygen atoms in total. The Balaban J connectivity index is 0.765. The second kappa shape index (κ2) is 15.5. The number of nitrogens with zero attached hydrogens (tertiary/aromatic N) is 7. The monoisotopic (exact) mass is 869 g/mol. The maximum Gasteiger partial charge on any atom is 0.433 e. The van der Waals surface area contributed by atoms with Crippen molar-refractivity contribution in [2.45, 2.75) is 76.1 Å². The fourth-order valence-electron chi connectivity index (χ4n) is 9.59. The number of pyridine rings is 2. The highest BCUT2D eigenvalue weighted by molar-refractivity contribution is 6.23. The molecule has 4 fully saturated rings. The van der Waals surface area contributed by atoms with Crippen molar-refractivity contribution < 1.29 is 47.0 Å². The Morgan fingerprint density at radius 2 is 1.62 bits per heavy atom. The minimum Gasteiger partial charge on any atom is -0.386 e. The fraction of sp³-hybridized carbons (Fsp3) is 0.455. The highest BCUT2D eigenvalue weighted by Gasteiger charge is 2.48. The summed E-state index contributed by atoms with van der Waals surface area (Å²) in [7, 11) is 0. The molecule has 0 aliphatic carbocycles. The van der Waals surface area contributed by atoms with Crippen LogP contribution in [0.25, 0.3) is 5.65 Å². The first-order valence-electron chi connectivity index (χ1n) is 21.1. The lowest BCUT2D eigenvalue weighted by atomic mass is 9.71. The van der Waals surface area contributed by atoms with E-state index in [1.165, 1.54) is 19.9 Å². The van der Waals surface area contributed by atoms with E-state index in [9.17, 15) is 47.0 Å². The van der Waals surface area contributed by atoms with Gasteiger partial charge in [-0.25, -0.2) is 9.97 Å². The van der Waals surface area contributed by atoms with Gasteiger partial charge in [0, 0.05) is 67.6 Å². The molecule has 3 N–H and O–H groups in total. The fourth-order valence-corrected chi connectivity index (χ4v) is 9.59. The summed E-state index contributed by atoms with van der Waals surface area (Å²) in [5, 5.41) is 15.8. The molecule has 5 aliphatic rings. The SMILES string of the molecule is CC(C)(O)c1cc2nc(C3CCN(CC(=O)N4CCC5(CC4)CN(c4ccc6c(c4)C(=O)N(C4CCC(=O)NC4=O)C6=O)C5)CC3)cn2cc1NC(=O)c1cccc(C(F)(F)F)n1. The quantitative estimate of drug-likeness (QED) is 0.218. The zero-order valence-corrected chi connectivity index (χ0v) is 34.7. The minimum atomic E-state index is -4.72. The molecule has 5 aliphatic heterocycles. The first-order valence-corrected chi connectivity index (χ1v) is 21.1. The molecule has 1 spiro atoms. The lowest BCUT2D eigenvalue weighted by Crippen LogP contribution is -2.61. The van der Waals surface area contributed by atoms with Gasteiger partial charge in [0.1, 0.15) is 23.1 Å². The van der Waals surface area contributed by atoms with Gasteiger partial charge >= 0.3 is 6.18 Å². The number of alkyl halides is 3. The molecule has 0 bridgehead atoms. The Morgan fingerprint density at radius 3 is 2.30 bits per heavy atom. The third kappa shape index (κ3) is 8.03. The third-order valence-electron chi connectivity index (χ3n) is 13.2. The topological polar surface area (TPSA) is 190 Å². The molecule has 19 heteroatoms. The molecular formula is C44H46F3N9O7.